The van der Waals surface area contributed by atoms with E-state index in [1.807, 2.05) is 0 Å². The fraction of sp³-hybridized carbons (Fsp3) is 0.778. The normalized spacial score (nSPS) is 11.9. The molecule has 4 nitrogen and oxygen atoms in total. The molecule has 0 fully saturated rings. The third-order valence-electron chi connectivity index (χ3n) is 1.38. The average Bonchev–Trinajstić information content (AvgIpc) is 2.15. The molecular formula is C9H16O4S. The molecule has 0 aromatic carbocycles. The molecule has 82 valence electrons. The van der Waals surface area contributed by atoms with E-state index in [0.29, 0.717) is 13.2 Å². The van der Waals surface area contributed by atoms with Crippen LogP contribution in [-0.2, 0) is 19.1 Å². The lowest BCUT2D eigenvalue weighted by Crippen LogP contribution is -2.19. The van der Waals surface area contributed by atoms with E-state index < -0.39 is 0 Å². The van der Waals surface area contributed by atoms with E-state index in [9.17, 15) is 9.59 Å². The van der Waals surface area contributed by atoms with Gasteiger partial charge in [0.1, 0.15) is 5.25 Å². The second-order valence-electron chi connectivity index (χ2n) is 2.51. The van der Waals surface area contributed by atoms with Crippen molar-refractivity contribution in [1.29, 1.82) is 0 Å². The molecule has 0 aromatic heterocycles. The van der Waals surface area contributed by atoms with Crippen molar-refractivity contribution in [2.45, 2.75) is 26.0 Å². The van der Waals surface area contributed by atoms with Crippen LogP contribution in [0.15, 0.2) is 0 Å². The highest BCUT2D eigenvalue weighted by molar-refractivity contribution is 8.01. The van der Waals surface area contributed by atoms with Gasteiger partial charge in [-0.1, -0.05) is 0 Å². The number of hydrogen-bond acceptors (Lipinski definition) is 5. The third-order valence-corrected chi connectivity index (χ3v) is 2.47. The second-order valence-corrected chi connectivity index (χ2v) is 3.84. The lowest BCUT2D eigenvalue weighted by Gasteiger charge is -2.09. The quantitative estimate of drug-likeness (QED) is 0.630. The van der Waals surface area contributed by atoms with Crippen molar-refractivity contribution in [2.24, 2.45) is 0 Å². The van der Waals surface area contributed by atoms with Gasteiger partial charge in [0.15, 0.2) is 0 Å². The molecule has 0 N–H and O–H groups in total. The first-order valence-electron chi connectivity index (χ1n) is 4.55. The topological polar surface area (TPSA) is 52.6 Å². The van der Waals surface area contributed by atoms with Crippen molar-refractivity contribution in [2.75, 3.05) is 19.0 Å². The molecule has 1 unspecified atom stereocenters. The molecule has 0 aromatic rings. The van der Waals surface area contributed by atoms with Crippen LogP contribution < -0.4 is 0 Å². The minimum atomic E-state index is -0.320. The van der Waals surface area contributed by atoms with Crippen molar-refractivity contribution in [3.8, 4) is 0 Å². The molecule has 0 radical (unpaired) electrons. The lowest BCUT2D eigenvalue weighted by atomic mass is 10.5. The number of esters is 2. The summed E-state index contributed by atoms with van der Waals surface area (Å²) in [7, 11) is 0. The number of carbonyl (C=O) groups is 2. The first kappa shape index (κ1) is 13.3. The van der Waals surface area contributed by atoms with Gasteiger partial charge in [0.05, 0.1) is 19.0 Å². The van der Waals surface area contributed by atoms with Gasteiger partial charge in [0.25, 0.3) is 0 Å². The summed E-state index contributed by atoms with van der Waals surface area (Å²) < 4.78 is 9.50. The Kier molecular flexibility index (Phi) is 7.28. The molecule has 0 amide bonds. The molecular weight excluding hydrogens is 204 g/mol. The Morgan fingerprint density at radius 2 is 1.79 bits per heavy atom. The van der Waals surface area contributed by atoms with Crippen LogP contribution in [0.4, 0.5) is 0 Å². The molecule has 0 aliphatic heterocycles. The van der Waals surface area contributed by atoms with Crippen molar-refractivity contribution >= 4 is 23.7 Å². The standard InChI is InChI=1S/C9H16O4S/c1-4-12-8(10)6-14-7(3)9(11)13-5-2/h7H,4-6H2,1-3H3. The predicted octanol–water partition coefficient (Wildman–Crippen LogP) is 1.23. The van der Waals surface area contributed by atoms with Crippen LogP contribution in [0.25, 0.3) is 0 Å². The van der Waals surface area contributed by atoms with Gasteiger partial charge in [0.2, 0.25) is 0 Å². The fourth-order valence-corrected chi connectivity index (χ4v) is 1.40. The maximum Gasteiger partial charge on any atom is 0.318 e. The van der Waals surface area contributed by atoms with Crippen LogP contribution in [0, 0.1) is 0 Å². The van der Waals surface area contributed by atoms with Gasteiger partial charge in [-0.2, -0.15) is 0 Å². The number of thioether (sulfide) groups is 1. The summed E-state index contributed by atoms with van der Waals surface area (Å²) in [5, 5.41) is -0.320. The summed E-state index contributed by atoms with van der Waals surface area (Å²) >= 11 is 1.22. The van der Waals surface area contributed by atoms with Gasteiger partial charge in [-0.15, -0.1) is 11.8 Å². The fourth-order valence-electron chi connectivity index (χ4n) is 0.723. The molecule has 14 heavy (non-hydrogen) atoms. The van der Waals surface area contributed by atoms with E-state index in [2.05, 4.69) is 0 Å². The average molecular weight is 220 g/mol. The van der Waals surface area contributed by atoms with E-state index in [1.165, 1.54) is 11.8 Å². The van der Waals surface area contributed by atoms with Gasteiger partial charge in [0, 0.05) is 0 Å². The van der Waals surface area contributed by atoms with Crippen LogP contribution in [0.3, 0.4) is 0 Å². The van der Waals surface area contributed by atoms with Crippen LogP contribution >= 0.6 is 11.8 Å². The van der Waals surface area contributed by atoms with Gasteiger partial charge in [-0.25, -0.2) is 0 Å². The minimum Gasteiger partial charge on any atom is -0.465 e. The van der Waals surface area contributed by atoms with Crippen molar-refractivity contribution < 1.29 is 19.1 Å². The summed E-state index contributed by atoms with van der Waals surface area (Å²) in [4.78, 5) is 22.1. The highest BCUT2D eigenvalue weighted by Crippen LogP contribution is 2.12. The summed E-state index contributed by atoms with van der Waals surface area (Å²) in [5.41, 5.74) is 0. The molecule has 1 atom stereocenters. The molecule has 0 rings (SSSR count). The third kappa shape index (κ3) is 5.85. The molecule has 5 heteroatoms. The van der Waals surface area contributed by atoms with Crippen molar-refractivity contribution in [3.05, 3.63) is 0 Å². The molecule has 0 heterocycles. The largest absolute Gasteiger partial charge is 0.465 e. The second kappa shape index (κ2) is 7.67. The Morgan fingerprint density at radius 1 is 1.21 bits per heavy atom. The Labute approximate surface area is 88.3 Å². The van der Waals surface area contributed by atoms with E-state index in [-0.39, 0.29) is 22.9 Å². The van der Waals surface area contributed by atoms with E-state index in [0.717, 1.165) is 0 Å². The number of ether oxygens (including phenoxy) is 2. The summed E-state index contributed by atoms with van der Waals surface area (Å²) in [6.45, 7) is 5.94. The molecule has 0 saturated carbocycles. The maximum absolute atomic E-state index is 11.1. The van der Waals surface area contributed by atoms with Crippen LogP contribution in [-0.4, -0.2) is 36.2 Å². The van der Waals surface area contributed by atoms with Crippen LogP contribution in [0.2, 0.25) is 0 Å². The zero-order chi connectivity index (χ0) is 11.0. The van der Waals surface area contributed by atoms with Crippen LogP contribution in [0.1, 0.15) is 20.8 Å². The van der Waals surface area contributed by atoms with Gasteiger partial charge in [-0.05, 0) is 20.8 Å². The number of rotatable bonds is 6. The smallest absolute Gasteiger partial charge is 0.318 e. The Hall–Kier alpha value is -0.710. The predicted molar refractivity (Wildman–Crippen MR) is 55.2 cm³/mol. The molecule has 0 spiro atoms. The van der Waals surface area contributed by atoms with Gasteiger partial charge < -0.3 is 9.47 Å². The van der Waals surface area contributed by atoms with Crippen LogP contribution in [0.5, 0.6) is 0 Å². The maximum atomic E-state index is 11.1. The molecule has 0 saturated heterocycles. The van der Waals surface area contributed by atoms with Gasteiger partial charge >= 0.3 is 11.9 Å². The summed E-state index contributed by atoms with van der Waals surface area (Å²) in [5.74, 6) is -0.399. The molecule has 0 bridgehead atoms. The molecule has 0 aliphatic rings. The summed E-state index contributed by atoms with van der Waals surface area (Å²) in [6, 6.07) is 0. The van der Waals surface area contributed by atoms with E-state index in [4.69, 9.17) is 9.47 Å². The molecule has 0 aliphatic carbocycles. The number of hydrogen-bond donors (Lipinski definition) is 0. The highest BCUT2D eigenvalue weighted by atomic mass is 32.2. The number of carbonyl (C=O) groups excluding carboxylic acids is 2. The zero-order valence-corrected chi connectivity index (χ0v) is 9.56. The zero-order valence-electron chi connectivity index (χ0n) is 8.74. The van der Waals surface area contributed by atoms with Crippen molar-refractivity contribution in [1.82, 2.24) is 0 Å². The van der Waals surface area contributed by atoms with E-state index >= 15 is 0 Å². The lowest BCUT2D eigenvalue weighted by molar-refractivity contribution is -0.142. The monoisotopic (exact) mass is 220 g/mol. The van der Waals surface area contributed by atoms with Gasteiger partial charge in [-0.3, -0.25) is 9.59 Å². The highest BCUT2D eigenvalue weighted by Gasteiger charge is 2.16. The first-order chi connectivity index (χ1) is 6.61. The Bertz CT molecular complexity index is 193. The Morgan fingerprint density at radius 3 is 2.29 bits per heavy atom. The SMILES string of the molecule is CCOC(=O)CSC(C)C(=O)OCC. The van der Waals surface area contributed by atoms with E-state index in [1.54, 1.807) is 20.8 Å². The summed E-state index contributed by atoms with van der Waals surface area (Å²) in [6.07, 6.45) is 0. The Balaban J connectivity index is 3.67. The first-order valence-corrected chi connectivity index (χ1v) is 5.60. The minimum absolute atomic E-state index is 0.188. The van der Waals surface area contributed by atoms with Crippen molar-refractivity contribution in [3.63, 3.8) is 0 Å².